The van der Waals surface area contributed by atoms with Gasteiger partial charge in [0.2, 0.25) is 0 Å². The molecule has 0 bridgehead atoms. The first-order valence-corrected chi connectivity index (χ1v) is 5.49. The molecule has 0 aliphatic carbocycles. The highest BCUT2D eigenvalue weighted by molar-refractivity contribution is 7.80. The molecule has 1 fully saturated rings. The number of hydrogen-bond donors (Lipinski definition) is 1. The number of ether oxygens (including phenoxy) is 1. The normalized spacial score (nSPS) is 17.5. The molecule has 15 heavy (non-hydrogen) atoms. The van der Waals surface area contributed by atoms with Crippen molar-refractivity contribution in [1.29, 1.82) is 0 Å². The first-order valence-electron chi connectivity index (χ1n) is 5.08. The van der Waals surface area contributed by atoms with Crippen molar-refractivity contribution in [3.05, 3.63) is 23.4 Å². The van der Waals surface area contributed by atoms with Crippen LogP contribution in [0.4, 0.5) is 0 Å². The monoisotopic (exact) mass is 226 g/mol. The maximum Gasteiger partial charge on any atom is 0.104 e. The molecule has 1 aliphatic heterocycles. The highest BCUT2D eigenvalue weighted by Crippen LogP contribution is 2.03. The maximum atomic E-state index is 5.82. The van der Waals surface area contributed by atoms with Gasteiger partial charge in [-0.3, -0.25) is 0 Å². The first-order chi connectivity index (χ1) is 7.09. The molecular formula is C11H18N2OS. The quantitative estimate of drug-likeness (QED) is 0.439. The summed E-state index contributed by atoms with van der Waals surface area (Å²) >= 11 is 5.29. The Labute approximate surface area is 96.6 Å². The summed E-state index contributed by atoms with van der Waals surface area (Å²) in [7, 11) is 0. The zero-order valence-electron chi connectivity index (χ0n) is 9.32. The first kappa shape index (κ1) is 12.2. The zero-order valence-corrected chi connectivity index (χ0v) is 10.1. The topological polar surface area (TPSA) is 38.5 Å². The Morgan fingerprint density at radius 2 is 1.87 bits per heavy atom. The number of allylic oxidation sites excluding steroid dienone is 2. The van der Waals surface area contributed by atoms with Crippen LogP contribution < -0.4 is 5.73 Å². The summed E-state index contributed by atoms with van der Waals surface area (Å²) in [6.45, 7) is 7.24. The van der Waals surface area contributed by atoms with Crippen molar-refractivity contribution in [1.82, 2.24) is 4.90 Å². The lowest BCUT2D eigenvalue weighted by molar-refractivity contribution is 0.0694. The van der Waals surface area contributed by atoms with Crippen LogP contribution in [0.2, 0.25) is 0 Å². The fraction of sp³-hybridized carbons (Fsp3) is 0.545. The van der Waals surface area contributed by atoms with Crippen molar-refractivity contribution in [3.63, 3.8) is 0 Å². The molecule has 1 saturated heterocycles. The van der Waals surface area contributed by atoms with E-state index in [1.807, 2.05) is 26.0 Å². The maximum absolute atomic E-state index is 5.82. The largest absolute Gasteiger partial charge is 0.399 e. The van der Waals surface area contributed by atoms with E-state index >= 15 is 0 Å². The predicted molar refractivity (Wildman–Crippen MR) is 66.7 cm³/mol. The molecule has 3 nitrogen and oxygen atoms in total. The highest BCUT2D eigenvalue weighted by atomic mass is 32.1. The van der Waals surface area contributed by atoms with Crippen molar-refractivity contribution in [2.75, 3.05) is 26.3 Å². The van der Waals surface area contributed by atoms with Gasteiger partial charge in [0.1, 0.15) is 4.99 Å². The minimum atomic E-state index is 0.714. The number of morpholine rings is 1. The van der Waals surface area contributed by atoms with E-state index in [0.29, 0.717) is 5.70 Å². The molecular weight excluding hydrogens is 208 g/mol. The molecule has 0 aromatic rings. The van der Waals surface area contributed by atoms with Gasteiger partial charge < -0.3 is 15.4 Å². The fourth-order valence-electron chi connectivity index (χ4n) is 1.39. The van der Waals surface area contributed by atoms with E-state index in [9.17, 15) is 0 Å². The second-order valence-corrected chi connectivity index (χ2v) is 4.22. The predicted octanol–water partition coefficient (Wildman–Crippen LogP) is 1.45. The van der Waals surface area contributed by atoms with Crippen LogP contribution in [-0.2, 0) is 4.74 Å². The van der Waals surface area contributed by atoms with E-state index in [2.05, 4.69) is 4.90 Å². The van der Waals surface area contributed by atoms with Crippen LogP contribution in [0.5, 0.6) is 0 Å². The van der Waals surface area contributed by atoms with Gasteiger partial charge in [-0.05, 0) is 26.0 Å². The Bertz CT molecular complexity index is 287. The lowest BCUT2D eigenvalue weighted by atomic mass is 10.2. The van der Waals surface area contributed by atoms with Crippen LogP contribution >= 0.6 is 12.2 Å². The lowest BCUT2D eigenvalue weighted by Gasteiger charge is -2.27. The van der Waals surface area contributed by atoms with Crippen LogP contribution in [0.3, 0.4) is 0 Å². The minimum absolute atomic E-state index is 0.714. The summed E-state index contributed by atoms with van der Waals surface area (Å²) in [4.78, 5) is 2.91. The molecule has 0 atom stereocenters. The molecule has 0 aromatic carbocycles. The third kappa shape index (κ3) is 4.44. The summed E-state index contributed by atoms with van der Waals surface area (Å²) in [5.74, 6) is 0. The second kappa shape index (κ2) is 5.88. The van der Waals surface area contributed by atoms with Crippen molar-refractivity contribution in [2.45, 2.75) is 13.8 Å². The summed E-state index contributed by atoms with van der Waals surface area (Å²) in [6.07, 6.45) is 3.76. The molecule has 0 saturated carbocycles. The SMILES string of the molecule is CC(C)=CC(N)=CC(=S)N1CCOCC1. The average Bonchev–Trinajstić information content (AvgIpc) is 2.17. The third-order valence-electron chi connectivity index (χ3n) is 2.07. The van der Waals surface area contributed by atoms with Gasteiger partial charge in [0.25, 0.3) is 0 Å². The standard InChI is InChI=1S/C11H18N2OS/c1-9(2)7-10(12)8-11(15)13-3-5-14-6-4-13/h7-8H,3-6,12H2,1-2H3. The van der Waals surface area contributed by atoms with E-state index < -0.39 is 0 Å². The van der Waals surface area contributed by atoms with E-state index in [-0.39, 0.29) is 0 Å². The van der Waals surface area contributed by atoms with Gasteiger partial charge in [-0.2, -0.15) is 0 Å². The molecule has 4 heteroatoms. The van der Waals surface area contributed by atoms with Gasteiger partial charge in [0, 0.05) is 18.8 Å². The Hall–Kier alpha value is -0.870. The fourth-order valence-corrected chi connectivity index (χ4v) is 1.71. The number of rotatable bonds is 2. The Kier molecular flexibility index (Phi) is 4.78. The molecule has 1 rings (SSSR count). The van der Waals surface area contributed by atoms with E-state index in [1.54, 1.807) is 0 Å². The molecule has 1 aliphatic rings. The molecule has 0 aromatic heterocycles. The van der Waals surface area contributed by atoms with Gasteiger partial charge in [-0.1, -0.05) is 17.8 Å². The summed E-state index contributed by atoms with van der Waals surface area (Å²) in [5.41, 5.74) is 7.71. The van der Waals surface area contributed by atoms with Crippen LogP contribution in [0.1, 0.15) is 13.8 Å². The van der Waals surface area contributed by atoms with E-state index in [0.717, 1.165) is 31.3 Å². The number of thiocarbonyl (C=S) groups is 1. The van der Waals surface area contributed by atoms with Crippen LogP contribution in [0.15, 0.2) is 23.4 Å². The Balaban J connectivity index is 2.56. The molecule has 1 heterocycles. The molecule has 2 N–H and O–H groups in total. The van der Waals surface area contributed by atoms with Crippen molar-refractivity contribution < 1.29 is 4.74 Å². The highest BCUT2D eigenvalue weighted by Gasteiger charge is 2.11. The summed E-state index contributed by atoms with van der Waals surface area (Å²) in [5, 5.41) is 0. The molecule has 84 valence electrons. The lowest BCUT2D eigenvalue weighted by Crippen LogP contribution is -2.39. The van der Waals surface area contributed by atoms with Crippen LogP contribution in [0.25, 0.3) is 0 Å². The summed E-state index contributed by atoms with van der Waals surface area (Å²) in [6, 6.07) is 0. The van der Waals surface area contributed by atoms with Crippen molar-refractivity contribution >= 4 is 17.2 Å². The van der Waals surface area contributed by atoms with Gasteiger partial charge >= 0.3 is 0 Å². The number of nitrogens with two attached hydrogens (primary N) is 1. The smallest absolute Gasteiger partial charge is 0.104 e. The Morgan fingerprint density at radius 1 is 1.27 bits per heavy atom. The molecule has 0 radical (unpaired) electrons. The van der Waals surface area contributed by atoms with Gasteiger partial charge in [-0.25, -0.2) is 0 Å². The molecule has 0 unspecified atom stereocenters. The second-order valence-electron chi connectivity index (χ2n) is 3.80. The number of hydrogen-bond acceptors (Lipinski definition) is 3. The molecule has 0 spiro atoms. The molecule has 0 amide bonds. The third-order valence-corrected chi connectivity index (χ3v) is 2.44. The average molecular weight is 226 g/mol. The van der Waals surface area contributed by atoms with Crippen LogP contribution in [0, 0.1) is 0 Å². The van der Waals surface area contributed by atoms with E-state index in [4.69, 9.17) is 22.7 Å². The van der Waals surface area contributed by atoms with E-state index in [1.165, 1.54) is 5.57 Å². The van der Waals surface area contributed by atoms with Crippen LogP contribution in [-0.4, -0.2) is 36.2 Å². The Morgan fingerprint density at radius 3 is 2.40 bits per heavy atom. The van der Waals surface area contributed by atoms with Crippen molar-refractivity contribution in [2.24, 2.45) is 5.73 Å². The minimum Gasteiger partial charge on any atom is -0.399 e. The van der Waals surface area contributed by atoms with Gasteiger partial charge in [0.15, 0.2) is 0 Å². The van der Waals surface area contributed by atoms with Gasteiger partial charge in [0.05, 0.1) is 13.2 Å². The summed E-state index contributed by atoms with van der Waals surface area (Å²) < 4.78 is 5.25. The van der Waals surface area contributed by atoms with Crippen molar-refractivity contribution in [3.8, 4) is 0 Å². The van der Waals surface area contributed by atoms with Gasteiger partial charge in [-0.15, -0.1) is 0 Å². The zero-order chi connectivity index (χ0) is 11.3. The number of nitrogens with zero attached hydrogens (tertiary/aromatic N) is 1.